The van der Waals surface area contributed by atoms with Crippen molar-refractivity contribution in [2.24, 2.45) is 0 Å². The Morgan fingerprint density at radius 2 is 1.67 bits per heavy atom. The second kappa shape index (κ2) is 9.20. The third-order valence-corrected chi connectivity index (χ3v) is 5.79. The molecule has 1 unspecified atom stereocenters. The van der Waals surface area contributed by atoms with Crippen molar-refractivity contribution >= 4 is 17.4 Å². The molecule has 0 saturated carbocycles. The lowest BCUT2D eigenvalue weighted by molar-refractivity contribution is -0.140. The zero-order valence-electron chi connectivity index (χ0n) is 18.7. The highest BCUT2D eigenvalue weighted by molar-refractivity contribution is 6.46. The summed E-state index contributed by atoms with van der Waals surface area (Å²) in [5.74, 6) is -0.354. The second-order valence-corrected chi connectivity index (χ2v) is 7.88. The number of ketones is 1. The summed E-state index contributed by atoms with van der Waals surface area (Å²) in [6, 6.07) is 20.9. The molecule has 1 heterocycles. The molecule has 1 atom stereocenters. The number of benzene rings is 3. The standard InChI is InChI=1S/C27H25NO5/c1-17-7-6-9-19(15-17)24-23(25(29)18-11-13-21(32-2)14-12-18)26(30)27(31)28(24)16-20-8-4-5-10-22(20)33-3/h4-15,24,29H,16H2,1-3H3/b25-23-. The first-order valence-corrected chi connectivity index (χ1v) is 10.6. The van der Waals surface area contributed by atoms with Crippen molar-refractivity contribution in [3.8, 4) is 11.5 Å². The average Bonchev–Trinajstić information content (AvgIpc) is 3.09. The van der Waals surface area contributed by atoms with Crippen molar-refractivity contribution < 1.29 is 24.2 Å². The minimum absolute atomic E-state index is 0.0608. The SMILES string of the molecule is COc1ccc(/C(O)=C2/C(=O)C(=O)N(Cc3ccccc3OC)C2c2cccc(C)c2)cc1. The third-order valence-electron chi connectivity index (χ3n) is 5.79. The Labute approximate surface area is 192 Å². The molecule has 33 heavy (non-hydrogen) atoms. The average molecular weight is 443 g/mol. The lowest BCUT2D eigenvalue weighted by Gasteiger charge is -2.26. The van der Waals surface area contributed by atoms with Crippen LogP contribution in [0.25, 0.3) is 5.76 Å². The largest absolute Gasteiger partial charge is 0.507 e. The number of aliphatic hydroxyl groups excluding tert-OH is 1. The fourth-order valence-corrected chi connectivity index (χ4v) is 4.15. The zero-order valence-corrected chi connectivity index (χ0v) is 18.7. The maximum absolute atomic E-state index is 13.2. The van der Waals surface area contributed by atoms with E-state index in [2.05, 4.69) is 0 Å². The van der Waals surface area contributed by atoms with E-state index in [-0.39, 0.29) is 17.9 Å². The number of carbonyl (C=O) groups excluding carboxylic acids is 2. The van der Waals surface area contributed by atoms with Gasteiger partial charge in [-0.15, -0.1) is 0 Å². The van der Waals surface area contributed by atoms with Gasteiger partial charge in [0, 0.05) is 11.1 Å². The van der Waals surface area contributed by atoms with Gasteiger partial charge in [-0.3, -0.25) is 9.59 Å². The molecule has 6 heteroatoms. The monoisotopic (exact) mass is 443 g/mol. The van der Waals surface area contributed by atoms with Gasteiger partial charge in [0.1, 0.15) is 17.3 Å². The quantitative estimate of drug-likeness (QED) is 0.341. The van der Waals surface area contributed by atoms with Crippen LogP contribution in [0.2, 0.25) is 0 Å². The smallest absolute Gasteiger partial charge is 0.295 e. The number of ether oxygens (including phenoxy) is 2. The van der Waals surface area contributed by atoms with Crippen molar-refractivity contribution in [2.75, 3.05) is 14.2 Å². The van der Waals surface area contributed by atoms with E-state index in [4.69, 9.17) is 9.47 Å². The van der Waals surface area contributed by atoms with E-state index in [1.165, 1.54) is 4.90 Å². The number of para-hydroxylation sites is 1. The van der Waals surface area contributed by atoms with Crippen LogP contribution < -0.4 is 9.47 Å². The van der Waals surface area contributed by atoms with Crippen LogP contribution in [0.5, 0.6) is 11.5 Å². The van der Waals surface area contributed by atoms with Gasteiger partial charge in [0.25, 0.3) is 11.7 Å². The van der Waals surface area contributed by atoms with Gasteiger partial charge in [0.05, 0.1) is 32.4 Å². The molecule has 1 amide bonds. The van der Waals surface area contributed by atoms with Crippen LogP contribution in [0.15, 0.2) is 78.4 Å². The number of likely N-dealkylation sites (tertiary alicyclic amines) is 1. The Bertz CT molecular complexity index is 1230. The van der Waals surface area contributed by atoms with Crippen LogP contribution >= 0.6 is 0 Å². The minimum atomic E-state index is -0.739. The molecule has 0 radical (unpaired) electrons. The minimum Gasteiger partial charge on any atom is -0.507 e. The predicted octanol–water partition coefficient (Wildman–Crippen LogP) is 4.63. The van der Waals surface area contributed by atoms with E-state index < -0.39 is 17.7 Å². The van der Waals surface area contributed by atoms with Gasteiger partial charge < -0.3 is 19.5 Å². The topological polar surface area (TPSA) is 76.1 Å². The van der Waals surface area contributed by atoms with Crippen LogP contribution in [0, 0.1) is 6.92 Å². The Morgan fingerprint density at radius 3 is 2.33 bits per heavy atom. The highest BCUT2D eigenvalue weighted by Gasteiger charge is 2.46. The predicted molar refractivity (Wildman–Crippen MR) is 125 cm³/mol. The molecule has 168 valence electrons. The van der Waals surface area contributed by atoms with E-state index in [0.29, 0.717) is 17.1 Å². The summed E-state index contributed by atoms with van der Waals surface area (Å²) in [6.45, 7) is 2.10. The van der Waals surface area contributed by atoms with E-state index in [0.717, 1.165) is 16.7 Å². The van der Waals surface area contributed by atoms with Crippen molar-refractivity contribution in [3.63, 3.8) is 0 Å². The number of amides is 1. The zero-order chi connectivity index (χ0) is 23.5. The fraction of sp³-hybridized carbons (Fsp3) is 0.185. The summed E-state index contributed by atoms with van der Waals surface area (Å²) in [6.07, 6.45) is 0. The van der Waals surface area contributed by atoms with Gasteiger partial charge in [0.15, 0.2) is 0 Å². The van der Waals surface area contributed by atoms with Crippen LogP contribution in [0.3, 0.4) is 0 Å². The molecule has 0 spiro atoms. The normalized spacial score (nSPS) is 17.3. The molecule has 3 aromatic rings. The summed E-state index contributed by atoms with van der Waals surface area (Å²) in [7, 11) is 3.12. The van der Waals surface area contributed by atoms with Crippen LogP contribution in [0.4, 0.5) is 0 Å². The lowest BCUT2D eigenvalue weighted by atomic mass is 9.94. The first kappa shape index (κ1) is 22.1. The van der Waals surface area contributed by atoms with Crippen molar-refractivity contribution in [2.45, 2.75) is 19.5 Å². The number of aryl methyl sites for hydroxylation is 1. The molecule has 1 aliphatic rings. The van der Waals surface area contributed by atoms with Gasteiger partial charge in [-0.2, -0.15) is 0 Å². The number of hydrogen-bond acceptors (Lipinski definition) is 5. The molecule has 0 aromatic heterocycles. The molecular weight excluding hydrogens is 418 g/mol. The van der Waals surface area contributed by atoms with E-state index in [9.17, 15) is 14.7 Å². The molecule has 0 bridgehead atoms. The van der Waals surface area contributed by atoms with Crippen LogP contribution in [0.1, 0.15) is 28.3 Å². The summed E-state index contributed by atoms with van der Waals surface area (Å²) in [4.78, 5) is 27.9. The van der Waals surface area contributed by atoms with Crippen molar-refractivity contribution in [1.29, 1.82) is 0 Å². The number of nitrogens with zero attached hydrogens (tertiary/aromatic N) is 1. The summed E-state index contributed by atoms with van der Waals surface area (Å²) in [5.41, 5.74) is 3.00. The van der Waals surface area contributed by atoms with E-state index in [1.54, 1.807) is 38.5 Å². The number of hydrogen-bond donors (Lipinski definition) is 1. The molecule has 0 aliphatic carbocycles. The molecule has 6 nitrogen and oxygen atoms in total. The molecule has 1 saturated heterocycles. The molecule has 4 rings (SSSR count). The van der Waals surface area contributed by atoms with E-state index in [1.807, 2.05) is 55.5 Å². The maximum Gasteiger partial charge on any atom is 0.295 e. The first-order chi connectivity index (χ1) is 15.9. The Hall–Kier alpha value is -4.06. The second-order valence-electron chi connectivity index (χ2n) is 7.88. The van der Waals surface area contributed by atoms with Gasteiger partial charge in [-0.1, -0.05) is 48.0 Å². The molecule has 1 aliphatic heterocycles. The maximum atomic E-state index is 13.2. The van der Waals surface area contributed by atoms with Crippen LogP contribution in [-0.4, -0.2) is 35.9 Å². The van der Waals surface area contributed by atoms with Gasteiger partial charge in [-0.05, 0) is 42.8 Å². The summed E-state index contributed by atoms with van der Waals surface area (Å²) < 4.78 is 10.6. The Morgan fingerprint density at radius 1 is 0.939 bits per heavy atom. The lowest BCUT2D eigenvalue weighted by Crippen LogP contribution is -2.29. The number of aliphatic hydroxyl groups is 1. The molecule has 3 aromatic carbocycles. The highest BCUT2D eigenvalue weighted by atomic mass is 16.5. The third kappa shape index (κ3) is 4.20. The summed E-state index contributed by atoms with van der Waals surface area (Å²) in [5, 5.41) is 11.2. The Kier molecular flexibility index (Phi) is 6.18. The number of rotatable bonds is 6. The highest BCUT2D eigenvalue weighted by Crippen LogP contribution is 2.41. The van der Waals surface area contributed by atoms with Gasteiger partial charge in [-0.25, -0.2) is 0 Å². The number of carbonyl (C=O) groups is 2. The molecule has 1 N–H and O–H groups in total. The number of Topliss-reactive ketones (excluding diaryl/α,β-unsaturated/α-hetero) is 1. The Balaban J connectivity index is 1.86. The van der Waals surface area contributed by atoms with E-state index >= 15 is 0 Å². The number of methoxy groups -OCH3 is 2. The first-order valence-electron chi connectivity index (χ1n) is 10.6. The van der Waals surface area contributed by atoms with Crippen molar-refractivity contribution in [1.82, 2.24) is 4.90 Å². The molecule has 1 fully saturated rings. The van der Waals surface area contributed by atoms with Crippen LogP contribution in [-0.2, 0) is 16.1 Å². The fourth-order valence-electron chi connectivity index (χ4n) is 4.15. The molecular formula is C27H25NO5. The van der Waals surface area contributed by atoms with Crippen molar-refractivity contribution in [3.05, 3.63) is 101 Å². The van der Waals surface area contributed by atoms with Gasteiger partial charge in [0.2, 0.25) is 0 Å². The summed E-state index contributed by atoms with van der Waals surface area (Å²) >= 11 is 0. The van der Waals surface area contributed by atoms with Gasteiger partial charge >= 0.3 is 0 Å².